The minimum atomic E-state index is -4.42. The van der Waals surface area contributed by atoms with Crippen molar-refractivity contribution >= 4 is 11.9 Å². The van der Waals surface area contributed by atoms with E-state index in [1.807, 2.05) is 0 Å². The van der Waals surface area contributed by atoms with Gasteiger partial charge in [-0.25, -0.2) is 0 Å². The number of hydrogen-bond donors (Lipinski definition) is 2. The van der Waals surface area contributed by atoms with E-state index in [0.29, 0.717) is 12.8 Å². The Balaban J connectivity index is 1.64. The van der Waals surface area contributed by atoms with Gasteiger partial charge < -0.3 is 10.4 Å². The molecule has 1 aromatic carbocycles. The van der Waals surface area contributed by atoms with Crippen molar-refractivity contribution in [1.29, 1.82) is 0 Å². The average molecular weight is 313 g/mol. The number of carbonyl (C=O) groups is 2. The van der Waals surface area contributed by atoms with Crippen LogP contribution in [0.2, 0.25) is 0 Å². The van der Waals surface area contributed by atoms with Crippen LogP contribution in [-0.2, 0) is 15.8 Å². The topological polar surface area (TPSA) is 66.4 Å². The molecule has 0 aromatic heterocycles. The van der Waals surface area contributed by atoms with Crippen molar-refractivity contribution < 1.29 is 27.9 Å². The zero-order chi connectivity index (χ0) is 16.1. The molecule has 118 valence electrons. The summed E-state index contributed by atoms with van der Waals surface area (Å²) in [6.45, 7) is 0. The molecule has 0 radical (unpaired) electrons. The molecule has 2 fully saturated rings. The SMILES string of the molecule is O=C(O)C1CC1C(=O)NC1CC1c1ccccc1C(F)(F)F. The van der Waals surface area contributed by atoms with Gasteiger partial charge in [-0.3, -0.25) is 9.59 Å². The number of nitrogens with one attached hydrogen (secondary N) is 1. The van der Waals surface area contributed by atoms with E-state index in [4.69, 9.17) is 5.11 Å². The minimum Gasteiger partial charge on any atom is -0.481 e. The third kappa shape index (κ3) is 2.80. The van der Waals surface area contributed by atoms with Crippen molar-refractivity contribution in [3.63, 3.8) is 0 Å². The van der Waals surface area contributed by atoms with Crippen LogP contribution < -0.4 is 5.32 Å². The first-order valence-electron chi connectivity index (χ1n) is 6.98. The molecule has 0 spiro atoms. The van der Waals surface area contributed by atoms with E-state index in [1.54, 1.807) is 6.07 Å². The van der Waals surface area contributed by atoms with Gasteiger partial charge in [0.2, 0.25) is 5.91 Å². The van der Waals surface area contributed by atoms with Gasteiger partial charge in [-0.2, -0.15) is 13.2 Å². The standard InChI is InChI=1S/C15H14F3NO3/c16-15(17,18)11-4-2-1-3-7(11)8-6-12(8)19-13(20)9-5-10(9)14(21)22/h1-4,8-10,12H,5-6H2,(H,19,20)(H,21,22). The molecule has 2 aliphatic rings. The first-order valence-corrected chi connectivity index (χ1v) is 6.98. The molecule has 4 nitrogen and oxygen atoms in total. The Kier molecular flexibility index (Phi) is 3.38. The van der Waals surface area contributed by atoms with Crippen molar-refractivity contribution in [3.05, 3.63) is 35.4 Å². The lowest BCUT2D eigenvalue weighted by atomic mass is 10.0. The van der Waals surface area contributed by atoms with Crippen LogP contribution in [0.15, 0.2) is 24.3 Å². The molecule has 2 N–H and O–H groups in total. The maximum Gasteiger partial charge on any atom is 0.416 e. The fraction of sp³-hybridized carbons (Fsp3) is 0.467. The summed E-state index contributed by atoms with van der Waals surface area (Å²) in [5.74, 6) is -2.93. The van der Waals surface area contributed by atoms with Gasteiger partial charge in [-0.05, 0) is 24.5 Å². The van der Waals surface area contributed by atoms with E-state index >= 15 is 0 Å². The van der Waals surface area contributed by atoms with E-state index in [0.717, 1.165) is 6.07 Å². The molecule has 4 unspecified atom stereocenters. The predicted octanol–water partition coefficient (Wildman–Crippen LogP) is 2.40. The Labute approximate surface area is 124 Å². The molecule has 1 aromatic rings. The Morgan fingerprint density at radius 2 is 1.82 bits per heavy atom. The Hall–Kier alpha value is -2.05. The van der Waals surface area contributed by atoms with Crippen molar-refractivity contribution in [2.24, 2.45) is 11.8 Å². The maximum absolute atomic E-state index is 13.0. The number of carboxylic acids is 1. The summed E-state index contributed by atoms with van der Waals surface area (Å²) in [4.78, 5) is 22.5. The van der Waals surface area contributed by atoms with Gasteiger partial charge in [0.1, 0.15) is 0 Å². The molecule has 0 bridgehead atoms. The summed E-state index contributed by atoms with van der Waals surface area (Å²) < 4.78 is 38.9. The second kappa shape index (κ2) is 5.00. The third-order valence-corrected chi connectivity index (χ3v) is 4.23. The van der Waals surface area contributed by atoms with Crippen molar-refractivity contribution in [3.8, 4) is 0 Å². The van der Waals surface area contributed by atoms with Crippen LogP contribution in [0.5, 0.6) is 0 Å². The van der Waals surface area contributed by atoms with Crippen LogP contribution in [0.3, 0.4) is 0 Å². The highest BCUT2D eigenvalue weighted by Gasteiger charge is 2.51. The number of alkyl halides is 3. The van der Waals surface area contributed by atoms with Gasteiger partial charge in [0, 0.05) is 12.0 Å². The number of carboxylic acid groups (broad SMARTS) is 1. The lowest BCUT2D eigenvalue weighted by Crippen LogP contribution is -2.29. The fourth-order valence-electron chi connectivity index (χ4n) is 2.82. The largest absolute Gasteiger partial charge is 0.481 e. The van der Waals surface area contributed by atoms with Crippen molar-refractivity contribution in [1.82, 2.24) is 5.32 Å². The Morgan fingerprint density at radius 3 is 2.41 bits per heavy atom. The summed E-state index contributed by atoms with van der Waals surface area (Å²) in [6.07, 6.45) is -3.67. The highest BCUT2D eigenvalue weighted by molar-refractivity contribution is 5.89. The smallest absolute Gasteiger partial charge is 0.416 e. The quantitative estimate of drug-likeness (QED) is 0.897. The lowest BCUT2D eigenvalue weighted by Gasteiger charge is -2.12. The normalized spacial score (nSPS) is 29.8. The lowest BCUT2D eigenvalue weighted by molar-refractivity contribution is -0.140. The number of rotatable bonds is 4. The highest BCUT2D eigenvalue weighted by atomic mass is 19.4. The zero-order valence-electron chi connectivity index (χ0n) is 11.4. The molecular formula is C15H14F3NO3. The number of benzene rings is 1. The molecule has 2 aliphatic carbocycles. The van der Waals surface area contributed by atoms with Crippen LogP contribution in [0.4, 0.5) is 13.2 Å². The number of carbonyl (C=O) groups excluding carboxylic acids is 1. The van der Waals surface area contributed by atoms with Crippen LogP contribution in [0, 0.1) is 11.8 Å². The number of halogens is 3. The molecule has 0 saturated heterocycles. The molecule has 4 atom stereocenters. The first-order chi connectivity index (χ1) is 10.3. The van der Waals surface area contributed by atoms with Crippen LogP contribution in [0.1, 0.15) is 29.9 Å². The number of aliphatic carboxylic acids is 1. The van der Waals surface area contributed by atoms with Crippen molar-refractivity contribution in [2.45, 2.75) is 31.0 Å². The molecule has 0 aliphatic heterocycles. The van der Waals surface area contributed by atoms with Gasteiger partial charge >= 0.3 is 12.1 Å². The molecule has 22 heavy (non-hydrogen) atoms. The second-order valence-electron chi connectivity index (χ2n) is 5.83. The van der Waals surface area contributed by atoms with Gasteiger partial charge in [0.15, 0.2) is 0 Å². The monoisotopic (exact) mass is 313 g/mol. The zero-order valence-corrected chi connectivity index (χ0v) is 11.4. The van der Waals surface area contributed by atoms with Gasteiger partial charge in [0.25, 0.3) is 0 Å². The summed E-state index contributed by atoms with van der Waals surface area (Å²) in [7, 11) is 0. The van der Waals surface area contributed by atoms with Crippen LogP contribution in [-0.4, -0.2) is 23.0 Å². The summed E-state index contributed by atoms with van der Waals surface area (Å²) in [6, 6.07) is 5.00. The van der Waals surface area contributed by atoms with Gasteiger partial charge in [0.05, 0.1) is 17.4 Å². The summed E-state index contributed by atoms with van der Waals surface area (Å²) >= 11 is 0. The van der Waals surface area contributed by atoms with Gasteiger partial charge in [-0.1, -0.05) is 18.2 Å². The van der Waals surface area contributed by atoms with Gasteiger partial charge in [-0.15, -0.1) is 0 Å². The predicted molar refractivity (Wildman–Crippen MR) is 70.0 cm³/mol. The van der Waals surface area contributed by atoms with E-state index < -0.39 is 29.5 Å². The third-order valence-electron chi connectivity index (χ3n) is 4.23. The molecule has 3 rings (SSSR count). The fourth-order valence-corrected chi connectivity index (χ4v) is 2.82. The van der Waals surface area contributed by atoms with E-state index in [-0.39, 0.29) is 23.4 Å². The van der Waals surface area contributed by atoms with E-state index in [1.165, 1.54) is 12.1 Å². The van der Waals surface area contributed by atoms with Crippen LogP contribution >= 0.6 is 0 Å². The average Bonchev–Trinajstić information content (AvgIpc) is 3.31. The minimum absolute atomic E-state index is 0.186. The van der Waals surface area contributed by atoms with E-state index in [2.05, 4.69) is 5.32 Å². The number of hydrogen-bond acceptors (Lipinski definition) is 2. The van der Waals surface area contributed by atoms with Crippen molar-refractivity contribution in [2.75, 3.05) is 0 Å². The highest BCUT2D eigenvalue weighted by Crippen LogP contribution is 2.47. The summed E-state index contributed by atoms with van der Waals surface area (Å²) in [5.41, 5.74) is -0.488. The number of amides is 1. The van der Waals surface area contributed by atoms with Crippen LogP contribution in [0.25, 0.3) is 0 Å². The molecule has 2 saturated carbocycles. The first kappa shape index (κ1) is 14.9. The maximum atomic E-state index is 13.0. The molecule has 1 amide bonds. The van der Waals surface area contributed by atoms with E-state index in [9.17, 15) is 22.8 Å². The summed E-state index contributed by atoms with van der Waals surface area (Å²) in [5, 5.41) is 11.4. The second-order valence-corrected chi connectivity index (χ2v) is 5.83. The molecule has 7 heteroatoms. The Bertz CT molecular complexity index is 629. The Morgan fingerprint density at radius 1 is 1.14 bits per heavy atom. The molecular weight excluding hydrogens is 299 g/mol. The molecule has 0 heterocycles.